The first kappa shape index (κ1) is 23.9. The van der Waals surface area contributed by atoms with Crippen LogP contribution in [0.2, 0.25) is 0 Å². The van der Waals surface area contributed by atoms with Crippen LogP contribution in [-0.2, 0) is 10.2 Å². The number of rotatable bonds is 8. The number of nitrogens with two attached hydrogens (primary N) is 1. The van der Waals surface area contributed by atoms with Crippen molar-refractivity contribution < 1.29 is 9.18 Å². The smallest absolute Gasteiger partial charge is 0.221 e. The number of primary amides is 1. The van der Waals surface area contributed by atoms with Gasteiger partial charge in [-0.3, -0.25) is 9.79 Å². The first-order valence-electron chi connectivity index (χ1n) is 10.3. The van der Waals surface area contributed by atoms with Crippen LogP contribution in [0.25, 0.3) is 0 Å². The van der Waals surface area contributed by atoms with Gasteiger partial charge in [-0.25, -0.2) is 4.39 Å². The molecule has 1 aromatic carbocycles. The second kappa shape index (κ2) is 11.1. The molecular formula is C21H33FIN5O. The van der Waals surface area contributed by atoms with Crippen LogP contribution in [0.5, 0.6) is 0 Å². The van der Waals surface area contributed by atoms with Crippen LogP contribution in [-0.4, -0.2) is 56.5 Å². The fraction of sp³-hybridized carbons (Fsp3) is 0.619. The van der Waals surface area contributed by atoms with Crippen molar-refractivity contribution in [3.63, 3.8) is 0 Å². The maximum atomic E-state index is 14.1. The van der Waals surface area contributed by atoms with Crippen LogP contribution in [0.15, 0.2) is 29.3 Å². The average Bonchev–Trinajstić information content (AvgIpc) is 3.49. The molecule has 0 radical (unpaired) electrons. The van der Waals surface area contributed by atoms with E-state index >= 15 is 0 Å². The maximum Gasteiger partial charge on any atom is 0.221 e. The number of halogens is 2. The number of nitrogens with zero attached hydrogens (tertiary/aromatic N) is 2. The van der Waals surface area contributed by atoms with E-state index in [0.717, 1.165) is 69.8 Å². The molecule has 6 nitrogen and oxygen atoms in total. The van der Waals surface area contributed by atoms with Crippen molar-refractivity contribution in [1.82, 2.24) is 15.5 Å². The Kier molecular flexibility index (Phi) is 9.13. The molecule has 4 N–H and O–H groups in total. The third kappa shape index (κ3) is 6.53. The number of guanidine groups is 1. The van der Waals surface area contributed by atoms with Gasteiger partial charge in [-0.15, -0.1) is 24.0 Å². The SMILES string of the molecule is CN=C(NCCCN1CCCC(C(N)=O)C1)NCC1(c2ccccc2F)CC1.I. The van der Waals surface area contributed by atoms with Gasteiger partial charge in [-0.2, -0.15) is 0 Å². The zero-order valence-electron chi connectivity index (χ0n) is 17.1. The fourth-order valence-corrected chi connectivity index (χ4v) is 4.06. The number of amides is 1. The standard InChI is InChI=1S/C21H32FN5O.HI/c1-24-20(25-11-5-13-27-12-4-6-16(14-27)19(23)28)26-15-21(9-10-21)17-7-2-3-8-18(17)22;/h2-3,7-8,16H,4-6,9-15H2,1H3,(H2,23,28)(H2,24,25,26);1H. The minimum atomic E-state index is -0.184. The molecule has 1 heterocycles. The molecule has 1 aromatic rings. The second-order valence-electron chi connectivity index (χ2n) is 8.01. The molecule has 1 atom stereocenters. The molecule has 1 unspecified atom stereocenters. The molecule has 0 spiro atoms. The van der Waals surface area contributed by atoms with Crippen molar-refractivity contribution >= 4 is 35.8 Å². The molecule has 0 bridgehead atoms. The molecule has 1 saturated carbocycles. The van der Waals surface area contributed by atoms with Gasteiger partial charge in [-0.1, -0.05) is 18.2 Å². The number of hydrogen-bond acceptors (Lipinski definition) is 3. The lowest BCUT2D eigenvalue weighted by atomic mass is 9.95. The Morgan fingerprint density at radius 1 is 1.34 bits per heavy atom. The van der Waals surface area contributed by atoms with Gasteiger partial charge >= 0.3 is 0 Å². The van der Waals surface area contributed by atoms with Gasteiger partial charge in [0.05, 0.1) is 5.92 Å². The Morgan fingerprint density at radius 2 is 2.10 bits per heavy atom. The molecule has 1 aliphatic carbocycles. The van der Waals surface area contributed by atoms with Gasteiger partial charge in [0.1, 0.15) is 5.82 Å². The molecule has 1 amide bonds. The predicted octanol–water partition coefficient (Wildman–Crippen LogP) is 2.23. The van der Waals surface area contributed by atoms with E-state index in [0.29, 0.717) is 6.54 Å². The Bertz CT molecular complexity index is 710. The van der Waals surface area contributed by atoms with E-state index in [9.17, 15) is 9.18 Å². The third-order valence-corrected chi connectivity index (χ3v) is 5.97. The molecule has 2 fully saturated rings. The van der Waals surface area contributed by atoms with E-state index in [-0.39, 0.29) is 47.0 Å². The normalized spacial score (nSPS) is 21.2. The summed E-state index contributed by atoms with van der Waals surface area (Å²) < 4.78 is 14.1. The summed E-state index contributed by atoms with van der Waals surface area (Å²) in [5.74, 6) is 0.428. The largest absolute Gasteiger partial charge is 0.369 e. The third-order valence-electron chi connectivity index (χ3n) is 5.97. The van der Waals surface area contributed by atoms with Crippen molar-refractivity contribution in [3.05, 3.63) is 35.6 Å². The molecule has 1 aliphatic heterocycles. The summed E-state index contributed by atoms with van der Waals surface area (Å²) in [5, 5.41) is 6.69. The predicted molar refractivity (Wildman–Crippen MR) is 125 cm³/mol. The van der Waals surface area contributed by atoms with Gasteiger partial charge in [0.2, 0.25) is 5.91 Å². The number of likely N-dealkylation sites (tertiary alicyclic amines) is 1. The van der Waals surface area contributed by atoms with E-state index in [1.165, 1.54) is 6.07 Å². The van der Waals surface area contributed by atoms with Gasteiger partial charge in [0, 0.05) is 32.1 Å². The Balaban J connectivity index is 0.00000300. The second-order valence-corrected chi connectivity index (χ2v) is 8.01. The van der Waals surface area contributed by atoms with Crippen molar-refractivity contribution in [2.75, 3.05) is 39.8 Å². The van der Waals surface area contributed by atoms with Crippen molar-refractivity contribution in [1.29, 1.82) is 0 Å². The quantitative estimate of drug-likeness (QED) is 0.214. The summed E-state index contributed by atoms with van der Waals surface area (Å²) in [6.45, 7) is 4.21. The minimum absolute atomic E-state index is 0. The lowest BCUT2D eigenvalue weighted by molar-refractivity contribution is -0.123. The van der Waals surface area contributed by atoms with Crippen molar-refractivity contribution in [2.24, 2.45) is 16.6 Å². The van der Waals surface area contributed by atoms with E-state index in [2.05, 4.69) is 20.5 Å². The summed E-state index contributed by atoms with van der Waals surface area (Å²) >= 11 is 0. The van der Waals surface area contributed by atoms with E-state index in [1.807, 2.05) is 12.1 Å². The van der Waals surface area contributed by atoms with Crippen LogP contribution >= 0.6 is 24.0 Å². The monoisotopic (exact) mass is 517 g/mol. The zero-order valence-corrected chi connectivity index (χ0v) is 19.5. The average molecular weight is 517 g/mol. The first-order chi connectivity index (χ1) is 13.5. The summed E-state index contributed by atoms with van der Waals surface area (Å²) in [4.78, 5) is 18.0. The highest BCUT2D eigenvalue weighted by Gasteiger charge is 2.45. The van der Waals surface area contributed by atoms with Crippen molar-refractivity contribution in [2.45, 2.75) is 37.5 Å². The highest BCUT2D eigenvalue weighted by atomic mass is 127. The van der Waals surface area contributed by atoms with Gasteiger partial charge in [-0.05, 0) is 56.8 Å². The summed E-state index contributed by atoms with van der Waals surface area (Å²) in [5.41, 5.74) is 6.13. The van der Waals surface area contributed by atoms with E-state index in [1.54, 1.807) is 13.1 Å². The molecule has 1 saturated heterocycles. The number of nitrogens with one attached hydrogen (secondary N) is 2. The minimum Gasteiger partial charge on any atom is -0.369 e. The molecule has 2 aliphatic rings. The summed E-state index contributed by atoms with van der Waals surface area (Å²) in [6, 6.07) is 7.05. The lowest BCUT2D eigenvalue weighted by Gasteiger charge is -2.31. The van der Waals surface area contributed by atoms with E-state index in [4.69, 9.17) is 5.73 Å². The number of carbonyl (C=O) groups excluding carboxylic acids is 1. The molecule has 162 valence electrons. The summed E-state index contributed by atoms with van der Waals surface area (Å²) in [7, 11) is 1.75. The van der Waals surface area contributed by atoms with Crippen LogP contribution in [0.4, 0.5) is 4.39 Å². The van der Waals surface area contributed by atoms with Gasteiger partial charge < -0.3 is 21.3 Å². The van der Waals surface area contributed by atoms with Gasteiger partial charge in [0.15, 0.2) is 5.96 Å². The number of aliphatic imine (C=N–C) groups is 1. The topological polar surface area (TPSA) is 82.8 Å². The summed E-state index contributed by atoms with van der Waals surface area (Å²) in [6.07, 6.45) is 4.89. The molecular weight excluding hydrogens is 484 g/mol. The Morgan fingerprint density at radius 3 is 2.76 bits per heavy atom. The molecule has 29 heavy (non-hydrogen) atoms. The number of piperidine rings is 1. The van der Waals surface area contributed by atoms with Crippen LogP contribution < -0.4 is 16.4 Å². The fourth-order valence-electron chi connectivity index (χ4n) is 4.06. The molecule has 8 heteroatoms. The van der Waals surface area contributed by atoms with Crippen LogP contribution in [0.1, 0.15) is 37.7 Å². The van der Waals surface area contributed by atoms with Gasteiger partial charge in [0.25, 0.3) is 0 Å². The Labute approximate surface area is 189 Å². The molecule has 3 rings (SSSR count). The lowest BCUT2D eigenvalue weighted by Crippen LogP contribution is -2.44. The number of benzene rings is 1. The maximum absolute atomic E-state index is 14.1. The first-order valence-corrected chi connectivity index (χ1v) is 10.3. The van der Waals surface area contributed by atoms with E-state index < -0.39 is 0 Å². The number of hydrogen-bond donors (Lipinski definition) is 3. The Hall–Kier alpha value is -1.42. The highest BCUT2D eigenvalue weighted by Crippen LogP contribution is 2.48. The number of carbonyl (C=O) groups is 1. The highest BCUT2D eigenvalue weighted by molar-refractivity contribution is 14.0. The van der Waals surface area contributed by atoms with Crippen LogP contribution in [0.3, 0.4) is 0 Å². The van der Waals surface area contributed by atoms with Crippen molar-refractivity contribution in [3.8, 4) is 0 Å². The molecule has 0 aromatic heterocycles. The van der Waals surface area contributed by atoms with Crippen LogP contribution in [0, 0.1) is 11.7 Å². The zero-order chi connectivity index (χ0) is 20.0.